The summed E-state index contributed by atoms with van der Waals surface area (Å²) in [6, 6.07) is -1.25. The van der Waals surface area contributed by atoms with Crippen LogP contribution in [0, 0.1) is 0 Å². The highest BCUT2D eigenvalue weighted by Crippen LogP contribution is 1.96. The molecule has 0 saturated carbocycles. The number of hydrogen-bond acceptors (Lipinski definition) is 5. The number of carbonyl (C=O) groups excluding carboxylic acids is 1. The van der Waals surface area contributed by atoms with Gasteiger partial charge in [0.15, 0.2) is 0 Å². The van der Waals surface area contributed by atoms with Gasteiger partial charge in [-0.3, -0.25) is 10.2 Å². The van der Waals surface area contributed by atoms with Gasteiger partial charge in [-0.15, -0.1) is 0 Å². The topological polar surface area (TPSA) is 128 Å². The molecule has 0 aliphatic rings. The Bertz CT molecular complexity index is 184. The molecule has 0 saturated heterocycles. The Hall–Kier alpha value is -1.34. The minimum atomic E-state index is -1.25. The zero-order valence-corrected chi connectivity index (χ0v) is 6.48. The minimum absolute atomic E-state index is 0.917. The molecular formula is C5H11N3O4. The third-order valence-corrected chi connectivity index (χ3v) is 1.20. The van der Waals surface area contributed by atoms with Gasteiger partial charge in [-0.05, 0) is 6.92 Å². The Labute approximate surface area is 68.6 Å². The van der Waals surface area contributed by atoms with Crippen molar-refractivity contribution in [3.63, 3.8) is 0 Å². The van der Waals surface area contributed by atoms with Crippen molar-refractivity contribution in [2.45, 2.75) is 19.1 Å². The number of nitrogens with two attached hydrogens (primary N) is 2. The highest BCUT2D eigenvalue weighted by Gasteiger charge is 2.22. The lowest BCUT2D eigenvalue weighted by atomic mass is 10.2. The van der Waals surface area contributed by atoms with Crippen molar-refractivity contribution in [3.05, 3.63) is 0 Å². The maximum atomic E-state index is 10.4. The first-order valence-corrected chi connectivity index (χ1v) is 3.14. The molecule has 0 fully saturated rings. The summed E-state index contributed by atoms with van der Waals surface area (Å²) in [6.07, 6.45) is -1.84. The molecule has 1 amide bonds. The molecule has 0 aliphatic heterocycles. The second kappa shape index (κ2) is 4.52. The average Bonchev–Trinajstić information content (AvgIpc) is 2.02. The van der Waals surface area contributed by atoms with Crippen molar-refractivity contribution in [1.82, 2.24) is 5.43 Å². The van der Waals surface area contributed by atoms with Crippen LogP contribution in [0.1, 0.15) is 6.92 Å². The number of carbonyl (C=O) groups is 2. The number of ether oxygens (including phenoxy) is 1. The second-order valence-electron chi connectivity index (χ2n) is 2.12. The number of aliphatic carboxylic acids is 1. The van der Waals surface area contributed by atoms with Crippen LogP contribution in [-0.4, -0.2) is 29.3 Å². The van der Waals surface area contributed by atoms with E-state index in [4.69, 9.17) is 10.8 Å². The summed E-state index contributed by atoms with van der Waals surface area (Å²) in [5.74, 6) is 3.44. The number of rotatable bonds is 3. The molecule has 0 aromatic carbocycles. The molecule has 7 nitrogen and oxygen atoms in total. The zero-order valence-electron chi connectivity index (χ0n) is 6.48. The summed E-state index contributed by atoms with van der Waals surface area (Å²) in [5.41, 5.74) is 6.80. The van der Waals surface area contributed by atoms with Gasteiger partial charge in [-0.25, -0.2) is 10.6 Å². The Morgan fingerprint density at radius 3 is 2.42 bits per heavy atom. The van der Waals surface area contributed by atoms with Crippen LogP contribution in [0.3, 0.4) is 0 Å². The lowest BCUT2D eigenvalue weighted by Gasteiger charge is -2.15. The van der Waals surface area contributed by atoms with Crippen LogP contribution >= 0.6 is 0 Å². The summed E-state index contributed by atoms with van der Waals surface area (Å²) in [6.45, 7) is 1.36. The first-order valence-electron chi connectivity index (χ1n) is 3.14. The van der Waals surface area contributed by atoms with Crippen molar-refractivity contribution in [1.29, 1.82) is 0 Å². The van der Waals surface area contributed by atoms with E-state index in [9.17, 15) is 9.59 Å². The fourth-order valence-electron chi connectivity index (χ4n) is 0.477. The van der Waals surface area contributed by atoms with Gasteiger partial charge in [-0.1, -0.05) is 0 Å². The molecule has 0 aliphatic carbocycles. The van der Waals surface area contributed by atoms with Gasteiger partial charge in [-0.2, -0.15) is 0 Å². The van der Waals surface area contributed by atoms with E-state index in [1.54, 1.807) is 5.43 Å². The third kappa shape index (κ3) is 3.17. The largest absolute Gasteiger partial charge is 0.480 e. The first kappa shape index (κ1) is 10.7. The average molecular weight is 177 g/mol. The van der Waals surface area contributed by atoms with Gasteiger partial charge in [0.1, 0.15) is 12.1 Å². The maximum absolute atomic E-state index is 10.4. The third-order valence-electron chi connectivity index (χ3n) is 1.20. The Balaban J connectivity index is 3.94. The van der Waals surface area contributed by atoms with Crippen molar-refractivity contribution < 1.29 is 19.4 Å². The van der Waals surface area contributed by atoms with E-state index in [1.165, 1.54) is 6.92 Å². The normalized spacial score (nSPS) is 14.6. The molecule has 0 spiro atoms. The van der Waals surface area contributed by atoms with Gasteiger partial charge in [0.05, 0.1) is 0 Å². The molecule has 0 rings (SSSR count). The fraction of sp³-hybridized carbons (Fsp3) is 0.600. The molecular weight excluding hydrogens is 166 g/mol. The van der Waals surface area contributed by atoms with Crippen LogP contribution in [-0.2, 0) is 9.53 Å². The van der Waals surface area contributed by atoms with Crippen molar-refractivity contribution >= 4 is 12.1 Å². The summed E-state index contributed by atoms with van der Waals surface area (Å²) in [7, 11) is 0. The molecule has 0 aromatic heterocycles. The summed E-state index contributed by atoms with van der Waals surface area (Å²) >= 11 is 0. The molecule has 0 bridgehead atoms. The molecule has 2 atom stereocenters. The van der Waals surface area contributed by atoms with E-state index in [0.717, 1.165) is 0 Å². The van der Waals surface area contributed by atoms with Crippen LogP contribution < -0.4 is 17.0 Å². The predicted octanol–water partition coefficient (Wildman–Crippen LogP) is -1.61. The van der Waals surface area contributed by atoms with Crippen molar-refractivity contribution in [2.24, 2.45) is 11.6 Å². The number of nitrogens with one attached hydrogen (secondary N) is 1. The van der Waals surface area contributed by atoms with E-state index in [-0.39, 0.29) is 0 Å². The molecule has 0 radical (unpaired) electrons. The Kier molecular flexibility index (Phi) is 4.02. The Morgan fingerprint density at radius 2 is 2.08 bits per heavy atom. The molecule has 7 heteroatoms. The second-order valence-corrected chi connectivity index (χ2v) is 2.12. The van der Waals surface area contributed by atoms with E-state index >= 15 is 0 Å². The lowest BCUT2D eigenvalue weighted by Crippen LogP contribution is -2.45. The fourth-order valence-corrected chi connectivity index (χ4v) is 0.477. The molecule has 0 heterocycles. The Morgan fingerprint density at radius 1 is 1.58 bits per heavy atom. The van der Waals surface area contributed by atoms with Gasteiger partial charge >= 0.3 is 12.1 Å². The van der Waals surface area contributed by atoms with Crippen LogP contribution in [0.15, 0.2) is 0 Å². The highest BCUT2D eigenvalue weighted by molar-refractivity contribution is 5.75. The number of carboxylic acids is 1. The van der Waals surface area contributed by atoms with Crippen molar-refractivity contribution in [3.8, 4) is 0 Å². The molecule has 6 N–H and O–H groups in total. The maximum Gasteiger partial charge on any atom is 0.421 e. The van der Waals surface area contributed by atoms with Crippen LogP contribution in [0.25, 0.3) is 0 Å². The predicted molar refractivity (Wildman–Crippen MR) is 38.9 cm³/mol. The summed E-state index contributed by atoms with van der Waals surface area (Å²) in [5, 5.41) is 8.37. The molecule has 12 heavy (non-hydrogen) atoms. The van der Waals surface area contributed by atoms with Gasteiger partial charge in [0.2, 0.25) is 0 Å². The summed E-state index contributed by atoms with van der Waals surface area (Å²) < 4.78 is 4.44. The van der Waals surface area contributed by atoms with Gasteiger partial charge in [0, 0.05) is 0 Å². The SMILES string of the molecule is C[C@@H](OC(=O)NN)[C@H](N)C(=O)O. The quantitative estimate of drug-likeness (QED) is 0.233. The number of hydrogen-bond donors (Lipinski definition) is 4. The van der Waals surface area contributed by atoms with Crippen molar-refractivity contribution in [2.75, 3.05) is 0 Å². The molecule has 0 aromatic rings. The number of amides is 1. The smallest absolute Gasteiger partial charge is 0.421 e. The number of carboxylic acid groups (broad SMARTS) is 1. The standard InChI is InChI=1S/C5H11N3O4/c1-2(3(6)4(9)10)12-5(11)8-7/h2-3H,6-7H2,1H3,(H,8,11)(H,9,10)/t2-,3+/m1/s1. The molecule has 70 valence electrons. The van der Waals surface area contributed by atoms with E-state index in [0.29, 0.717) is 0 Å². The summed E-state index contributed by atoms with van der Waals surface area (Å²) in [4.78, 5) is 20.7. The number of hydrazine groups is 1. The van der Waals surface area contributed by atoms with Crippen LogP contribution in [0.2, 0.25) is 0 Å². The zero-order chi connectivity index (χ0) is 9.72. The lowest BCUT2D eigenvalue weighted by molar-refractivity contribution is -0.140. The van der Waals surface area contributed by atoms with E-state index < -0.39 is 24.2 Å². The van der Waals surface area contributed by atoms with Crippen LogP contribution in [0.4, 0.5) is 4.79 Å². The van der Waals surface area contributed by atoms with Gasteiger partial charge < -0.3 is 15.6 Å². The van der Waals surface area contributed by atoms with E-state index in [2.05, 4.69) is 10.6 Å². The highest BCUT2D eigenvalue weighted by atomic mass is 16.6. The first-order chi connectivity index (χ1) is 5.49. The molecule has 0 unspecified atom stereocenters. The van der Waals surface area contributed by atoms with E-state index in [1.807, 2.05) is 0 Å². The monoisotopic (exact) mass is 177 g/mol. The minimum Gasteiger partial charge on any atom is -0.480 e. The van der Waals surface area contributed by atoms with Crippen LogP contribution in [0.5, 0.6) is 0 Å². The van der Waals surface area contributed by atoms with Gasteiger partial charge in [0.25, 0.3) is 0 Å².